The monoisotopic (exact) mass is 427 g/mol. The summed E-state index contributed by atoms with van der Waals surface area (Å²) < 4.78 is 46.7. The number of pyridine rings is 1. The average Bonchev–Trinajstić information content (AvgIpc) is 3.08. The first kappa shape index (κ1) is 20.4. The molecule has 2 heterocycles. The first-order chi connectivity index (χ1) is 14.7. The summed E-state index contributed by atoms with van der Waals surface area (Å²) in [6, 6.07) is 11.7. The number of ether oxygens (including phenoxy) is 1. The smallest absolute Gasteiger partial charge is 0.416 e. The maximum atomic E-state index is 13.1. The third-order valence-corrected chi connectivity index (χ3v) is 4.89. The summed E-state index contributed by atoms with van der Waals surface area (Å²) in [7, 11) is 1.17. The van der Waals surface area contributed by atoms with Crippen LogP contribution < -0.4 is 5.56 Å². The van der Waals surface area contributed by atoms with Crippen molar-refractivity contribution in [1.82, 2.24) is 14.3 Å². The molecule has 31 heavy (non-hydrogen) atoms. The lowest BCUT2D eigenvalue weighted by Crippen LogP contribution is -2.16. The highest BCUT2D eigenvalue weighted by Crippen LogP contribution is 2.31. The molecule has 0 unspecified atom stereocenters. The Balaban J connectivity index is 1.99. The van der Waals surface area contributed by atoms with Crippen LogP contribution >= 0.6 is 0 Å². The topological polar surface area (TPSA) is 66.1 Å². The van der Waals surface area contributed by atoms with E-state index in [-0.39, 0.29) is 22.5 Å². The number of methoxy groups -OCH3 is 1. The molecular formula is C22H16F3N3O3. The minimum Gasteiger partial charge on any atom is -0.465 e. The number of hydrogen-bond acceptors (Lipinski definition) is 4. The zero-order chi connectivity index (χ0) is 22.3. The molecule has 0 fully saturated rings. The quantitative estimate of drug-likeness (QED) is 0.459. The van der Waals surface area contributed by atoms with Gasteiger partial charge in [0.15, 0.2) is 0 Å². The molecule has 0 bridgehead atoms. The van der Waals surface area contributed by atoms with E-state index in [1.54, 1.807) is 12.1 Å². The summed E-state index contributed by atoms with van der Waals surface area (Å²) in [5.74, 6) is -0.763. The molecule has 0 saturated heterocycles. The van der Waals surface area contributed by atoms with Gasteiger partial charge in [0.2, 0.25) is 0 Å². The van der Waals surface area contributed by atoms with Crippen molar-refractivity contribution in [3.8, 4) is 22.6 Å². The van der Waals surface area contributed by atoms with Gasteiger partial charge >= 0.3 is 12.1 Å². The first-order valence-electron chi connectivity index (χ1n) is 9.17. The van der Waals surface area contributed by atoms with Crippen molar-refractivity contribution in [1.29, 1.82) is 0 Å². The Morgan fingerprint density at radius 3 is 2.48 bits per heavy atom. The zero-order valence-corrected chi connectivity index (χ0v) is 16.5. The van der Waals surface area contributed by atoms with Crippen molar-refractivity contribution < 1.29 is 22.7 Å². The molecule has 0 saturated carbocycles. The van der Waals surface area contributed by atoms with E-state index < -0.39 is 23.3 Å². The van der Waals surface area contributed by atoms with E-state index in [9.17, 15) is 22.8 Å². The third-order valence-electron chi connectivity index (χ3n) is 4.89. The number of nitrogens with zero attached hydrogens (tertiary/aromatic N) is 3. The van der Waals surface area contributed by atoms with Gasteiger partial charge in [-0.25, -0.2) is 4.79 Å². The van der Waals surface area contributed by atoms with E-state index in [0.717, 1.165) is 17.7 Å². The lowest BCUT2D eigenvalue weighted by atomic mass is 10.1. The highest BCUT2D eigenvalue weighted by Gasteiger charge is 2.31. The first-order valence-corrected chi connectivity index (χ1v) is 9.17. The highest BCUT2D eigenvalue weighted by molar-refractivity contribution is 5.96. The minimum atomic E-state index is -4.54. The second-order valence-corrected chi connectivity index (χ2v) is 6.88. The van der Waals surface area contributed by atoms with Crippen LogP contribution in [0.1, 0.15) is 21.5 Å². The Bertz CT molecular complexity index is 1320. The largest absolute Gasteiger partial charge is 0.465 e. The Hall–Kier alpha value is -3.88. The summed E-state index contributed by atoms with van der Waals surface area (Å²) in [6.45, 7) is 1.81. The maximum Gasteiger partial charge on any atom is 0.416 e. The van der Waals surface area contributed by atoms with Gasteiger partial charge in [-0.05, 0) is 36.8 Å². The number of hydrogen-bond donors (Lipinski definition) is 0. The maximum absolute atomic E-state index is 13.1. The molecule has 0 aromatic heterocycles. The number of alkyl halides is 3. The predicted octanol–water partition coefficient (Wildman–Crippen LogP) is 4.24. The number of carbonyl (C=O) groups excluding carboxylic acids is 1. The number of aromatic nitrogens is 3. The van der Waals surface area contributed by atoms with E-state index in [2.05, 4.69) is 5.10 Å². The molecule has 2 aromatic carbocycles. The van der Waals surface area contributed by atoms with E-state index >= 15 is 0 Å². The number of halogens is 3. The molecule has 6 nitrogen and oxygen atoms in total. The number of carbonyl (C=O) groups is 1. The van der Waals surface area contributed by atoms with Gasteiger partial charge in [-0.1, -0.05) is 24.3 Å². The normalized spacial score (nSPS) is 11.6. The molecule has 158 valence electrons. The molecule has 4 rings (SSSR count). The molecular weight excluding hydrogens is 411 g/mol. The lowest BCUT2D eigenvalue weighted by molar-refractivity contribution is -0.137. The van der Waals surface area contributed by atoms with Crippen LogP contribution in [-0.4, -0.2) is 27.4 Å². The van der Waals surface area contributed by atoms with Gasteiger partial charge in [-0.3, -0.25) is 4.79 Å². The van der Waals surface area contributed by atoms with Crippen LogP contribution in [-0.2, 0) is 10.9 Å². The van der Waals surface area contributed by atoms with Crippen LogP contribution in [0.5, 0.6) is 0 Å². The van der Waals surface area contributed by atoms with Crippen LogP contribution in [0.15, 0.2) is 65.7 Å². The van der Waals surface area contributed by atoms with Gasteiger partial charge in [-0.15, -0.1) is 0 Å². The Kier molecular flexibility index (Phi) is 4.88. The number of benzene rings is 2. The second kappa shape index (κ2) is 7.42. The van der Waals surface area contributed by atoms with Crippen LogP contribution in [0.25, 0.3) is 22.6 Å². The van der Waals surface area contributed by atoms with Gasteiger partial charge in [0.05, 0.1) is 23.9 Å². The SMILES string of the molecule is COC(=O)c1cn(-c2cccc(C(F)(F)F)c2)cc2c(=O)n(-c3ccccc3C)nc1-2. The van der Waals surface area contributed by atoms with Crippen molar-refractivity contribution in [3.63, 3.8) is 0 Å². The summed E-state index contributed by atoms with van der Waals surface area (Å²) in [6.07, 6.45) is -1.87. The van der Waals surface area contributed by atoms with Crippen LogP contribution in [0.3, 0.4) is 0 Å². The number of esters is 1. The van der Waals surface area contributed by atoms with Gasteiger partial charge in [0, 0.05) is 18.1 Å². The number of para-hydroxylation sites is 1. The fourth-order valence-electron chi connectivity index (χ4n) is 3.32. The molecule has 0 spiro atoms. The molecule has 2 aliphatic heterocycles. The van der Waals surface area contributed by atoms with Gasteiger partial charge in [0.1, 0.15) is 11.3 Å². The summed E-state index contributed by atoms with van der Waals surface area (Å²) >= 11 is 0. The molecule has 0 aliphatic carbocycles. The predicted molar refractivity (Wildman–Crippen MR) is 107 cm³/mol. The van der Waals surface area contributed by atoms with Gasteiger partial charge < -0.3 is 9.30 Å². The van der Waals surface area contributed by atoms with Gasteiger partial charge in [-0.2, -0.15) is 23.0 Å². The van der Waals surface area contributed by atoms with E-state index in [1.165, 1.54) is 40.9 Å². The number of aryl methyl sites for hydroxylation is 1. The van der Waals surface area contributed by atoms with Crippen molar-refractivity contribution in [2.24, 2.45) is 0 Å². The fourth-order valence-corrected chi connectivity index (χ4v) is 3.32. The van der Waals surface area contributed by atoms with Gasteiger partial charge in [0.25, 0.3) is 5.56 Å². The fraction of sp³-hybridized carbons (Fsp3) is 0.136. The zero-order valence-electron chi connectivity index (χ0n) is 16.5. The van der Waals surface area contributed by atoms with Crippen LogP contribution in [0.4, 0.5) is 13.2 Å². The molecule has 0 N–H and O–H groups in total. The van der Waals surface area contributed by atoms with Crippen LogP contribution in [0.2, 0.25) is 0 Å². The van der Waals surface area contributed by atoms with Crippen molar-refractivity contribution in [2.45, 2.75) is 13.1 Å². The van der Waals surface area contributed by atoms with E-state index in [1.807, 2.05) is 19.1 Å². The van der Waals surface area contributed by atoms with E-state index in [0.29, 0.717) is 5.69 Å². The lowest BCUT2D eigenvalue weighted by Gasteiger charge is -2.13. The Morgan fingerprint density at radius 1 is 1.06 bits per heavy atom. The second-order valence-electron chi connectivity index (χ2n) is 6.88. The Labute approximate surface area is 174 Å². The number of fused-ring (bicyclic) bond motifs is 1. The highest BCUT2D eigenvalue weighted by atomic mass is 19.4. The van der Waals surface area contributed by atoms with Crippen molar-refractivity contribution in [2.75, 3.05) is 7.11 Å². The third kappa shape index (κ3) is 3.58. The molecule has 2 aromatic rings. The average molecular weight is 427 g/mol. The van der Waals surface area contributed by atoms with E-state index in [4.69, 9.17) is 4.74 Å². The molecule has 2 aliphatic rings. The molecule has 9 heteroatoms. The van der Waals surface area contributed by atoms with Crippen molar-refractivity contribution >= 4 is 5.97 Å². The molecule has 0 amide bonds. The van der Waals surface area contributed by atoms with Crippen LogP contribution in [0, 0.1) is 6.92 Å². The van der Waals surface area contributed by atoms with Crippen molar-refractivity contribution in [3.05, 3.63) is 88.0 Å². The summed E-state index contributed by atoms with van der Waals surface area (Å²) in [5.41, 5.74) is 0.229. The summed E-state index contributed by atoms with van der Waals surface area (Å²) in [5, 5.41) is 4.31. The summed E-state index contributed by atoms with van der Waals surface area (Å²) in [4.78, 5) is 25.5. The Morgan fingerprint density at radius 2 is 1.81 bits per heavy atom. The minimum absolute atomic E-state index is 0.0400. The number of rotatable bonds is 3. The molecule has 0 radical (unpaired) electrons. The molecule has 0 atom stereocenters. The standard InChI is InChI=1S/C22H16F3N3O3/c1-13-6-3-4-9-18(13)28-20(29)16-11-27(12-17(19(16)26-28)21(30)31-2)15-8-5-7-14(10-15)22(23,24)25/h3-12H,1-2H3.